The third-order valence-corrected chi connectivity index (χ3v) is 3.77. The van der Waals surface area contributed by atoms with Gasteiger partial charge in [0, 0.05) is 56.0 Å². The lowest BCUT2D eigenvalue weighted by Gasteiger charge is -2.30. The van der Waals surface area contributed by atoms with E-state index in [4.69, 9.17) is 0 Å². The normalized spacial score (nSPS) is 15.2. The lowest BCUT2D eigenvalue weighted by molar-refractivity contribution is -0.136. The summed E-state index contributed by atoms with van der Waals surface area (Å²) in [7, 11) is 0. The van der Waals surface area contributed by atoms with Crippen molar-refractivity contribution in [3.63, 3.8) is 0 Å². The van der Waals surface area contributed by atoms with Crippen LogP contribution in [0.5, 0.6) is 0 Å². The van der Waals surface area contributed by atoms with Crippen molar-refractivity contribution in [2.75, 3.05) is 6.54 Å². The fourth-order valence-corrected chi connectivity index (χ4v) is 2.69. The third-order valence-electron chi connectivity index (χ3n) is 3.77. The molecule has 2 aromatic rings. The molecule has 1 atom stereocenters. The average Bonchev–Trinajstić information content (AvgIpc) is 3.15. The molecule has 22 heavy (non-hydrogen) atoms. The van der Waals surface area contributed by atoms with E-state index in [1.807, 2.05) is 0 Å². The number of rotatable bonds is 4. The predicted octanol–water partition coefficient (Wildman–Crippen LogP) is -0.235. The summed E-state index contributed by atoms with van der Waals surface area (Å²) in [5.74, 6) is -0.310. The number of nitrogens with one attached hydrogen (secondary N) is 3. The molecule has 8 heteroatoms. The number of amides is 2. The zero-order chi connectivity index (χ0) is 15.5. The summed E-state index contributed by atoms with van der Waals surface area (Å²) in [6, 6.07) is -0.591. The number of aromatic nitrogens is 4. The highest BCUT2D eigenvalue weighted by atomic mass is 16.2. The minimum Gasteiger partial charge on any atom is -0.348 e. The number of carbonyl (C=O) groups excluding carboxylic acids is 2. The summed E-state index contributed by atoms with van der Waals surface area (Å²) in [6.45, 7) is 2.55. The van der Waals surface area contributed by atoms with Crippen LogP contribution in [0.15, 0.2) is 18.7 Å². The lowest BCUT2D eigenvalue weighted by atomic mass is 10.1. The SMILES string of the molecule is CC(=O)N[C@@H](Cc1cnc[nH]1)C(=O)N1CCc2[nH]ncc2C1. The Balaban J connectivity index is 1.73. The van der Waals surface area contributed by atoms with Crippen LogP contribution in [0, 0.1) is 0 Å². The average molecular weight is 302 g/mol. The van der Waals surface area contributed by atoms with Crippen molar-refractivity contribution in [2.45, 2.75) is 32.4 Å². The summed E-state index contributed by atoms with van der Waals surface area (Å²) >= 11 is 0. The first-order valence-corrected chi connectivity index (χ1v) is 7.17. The van der Waals surface area contributed by atoms with E-state index in [2.05, 4.69) is 25.5 Å². The molecular weight excluding hydrogens is 284 g/mol. The minimum atomic E-state index is -0.591. The number of aromatic amines is 2. The van der Waals surface area contributed by atoms with Gasteiger partial charge >= 0.3 is 0 Å². The van der Waals surface area contributed by atoms with Gasteiger partial charge < -0.3 is 15.2 Å². The van der Waals surface area contributed by atoms with Gasteiger partial charge in [-0.15, -0.1) is 0 Å². The highest BCUT2D eigenvalue weighted by Crippen LogP contribution is 2.17. The Hall–Kier alpha value is -2.64. The Bertz CT molecular complexity index is 663. The highest BCUT2D eigenvalue weighted by molar-refractivity contribution is 5.87. The Labute approximate surface area is 127 Å². The van der Waals surface area contributed by atoms with E-state index >= 15 is 0 Å². The molecule has 1 aliphatic rings. The molecule has 0 aliphatic carbocycles. The fraction of sp³-hybridized carbons (Fsp3) is 0.429. The zero-order valence-corrected chi connectivity index (χ0v) is 12.3. The van der Waals surface area contributed by atoms with Crippen LogP contribution in [0.25, 0.3) is 0 Å². The van der Waals surface area contributed by atoms with Crippen LogP contribution < -0.4 is 5.32 Å². The van der Waals surface area contributed by atoms with Gasteiger partial charge in [-0.1, -0.05) is 0 Å². The molecule has 0 unspecified atom stereocenters. The zero-order valence-electron chi connectivity index (χ0n) is 12.3. The van der Waals surface area contributed by atoms with E-state index in [0.717, 1.165) is 23.4 Å². The highest BCUT2D eigenvalue weighted by Gasteiger charge is 2.29. The van der Waals surface area contributed by atoms with E-state index in [0.29, 0.717) is 19.5 Å². The fourth-order valence-electron chi connectivity index (χ4n) is 2.69. The van der Waals surface area contributed by atoms with Gasteiger partial charge in [0.25, 0.3) is 0 Å². The molecule has 0 aromatic carbocycles. The van der Waals surface area contributed by atoms with Crippen molar-refractivity contribution in [3.05, 3.63) is 35.7 Å². The van der Waals surface area contributed by atoms with Crippen LogP contribution in [-0.2, 0) is 29.0 Å². The molecule has 0 spiro atoms. The smallest absolute Gasteiger partial charge is 0.245 e. The van der Waals surface area contributed by atoms with Crippen LogP contribution in [0.4, 0.5) is 0 Å². The van der Waals surface area contributed by atoms with Gasteiger partial charge in [-0.3, -0.25) is 14.7 Å². The number of nitrogens with zero attached hydrogens (tertiary/aromatic N) is 3. The summed E-state index contributed by atoms with van der Waals surface area (Å²) in [5, 5.41) is 9.68. The summed E-state index contributed by atoms with van der Waals surface area (Å²) in [5.41, 5.74) is 2.92. The van der Waals surface area contributed by atoms with Crippen molar-refractivity contribution in [1.82, 2.24) is 30.4 Å². The Kier molecular flexibility index (Phi) is 3.90. The molecule has 2 aromatic heterocycles. The monoisotopic (exact) mass is 302 g/mol. The molecule has 0 fully saturated rings. The quantitative estimate of drug-likeness (QED) is 0.725. The molecule has 3 rings (SSSR count). The van der Waals surface area contributed by atoms with E-state index in [1.165, 1.54) is 6.92 Å². The number of imidazole rings is 1. The van der Waals surface area contributed by atoms with Gasteiger partial charge in [0.2, 0.25) is 11.8 Å². The summed E-state index contributed by atoms with van der Waals surface area (Å²) in [4.78, 5) is 32.8. The number of hydrogen-bond donors (Lipinski definition) is 3. The molecule has 116 valence electrons. The minimum absolute atomic E-state index is 0.0864. The molecule has 0 bridgehead atoms. The molecule has 8 nitrogen and oxygen atoms in total. The van der Waals surface area contributed by atoms with Gasteiger partial charge in [0.15, 0.2) is 0 Å². The molecular formula is C14H18N6O2. The van der Waals surface area contributed by atoms with E-state index in [9.17, 15) is 9.59 Å². The van der Waals surface area contributed by atoms with Gasteiger partial charge in [0.1, 0.15) is 6.04 Å². The second kappa shape index (κ2) is 6.00. The van der Waals surface area contributed by atoms with Gasteiger partial charge in [-0.05, 0) is 0 Å². The maximum atomic E-state index is 12.7. The van der Waals surface area contributed by atoms with Crippen LogP contribution in [0.2, 0.25) is 0 Å². The predicted molar refractivity (Wildman–Crippen MR) is 77.6 cm³/mol. The van der Waals surface area contributed by atoms with Crippen molar-refractivity contribution in [2.24, 2.45) is 0 Å². The largest absolute Gasteiger partial charge is 0.348 e. The number of fused-ring (bicyclic) bond motifs is 1. The van der Waals surface area contributed by atoms with Gasteiger partial charge in [-0.2, -0.15) is 5.10 Å². The van der Waals surface area contributed by atoms with Crippen LogP contribution in [-0.4, -0.2) is 49.5 Å². The summed E-state index contributed by atoms with van der Waals surface area (Å²) < 4.78 is 0. The first kappa shape index (κ1) is 14.3. The Morgan fingerprint density at radius 1 is 1.45 bits per heavy atom. The second-order valence-corrected chi connectivity index (χ2v) is 5.42. The second-order valence-electron chi connectivity index (χ2n) is 5.42. The molecule has 0 saturated heterocycles. The van der Waals surface area contributed by atoms with Crippen molar-refractivity contribution >= 4 is 11.8 Å². The van der Waals surface area contributed by atoms with Crippen molar-refractivity contribution < 1.29 is 9.59 Å². The molecule has 3 heterocycles. The van der Waals surface area contributed by atoms with Gasteiger partial charge in [0.05, 0.1) is 12.5 Å². The molecule has 0 saturated carbocycles. The number of hydrogen-bond acceptors (Lipinski definition) is 4. The first-order chi connectivity index (χ1) is 10.6. The standard InChI is InChI=1S/C14H18N6O2/c1-9(21)18-13(4-11-6-15-8-16-11)14(22)20-3-2-12-10(7-20)5-17-19-12/h5-6,8,13H,2-4,7H2,1H3,(H,15,16)(H,17,19)(H,18,21)/t13-/m0/s1. The van der Waals surface area contributed by atoms with Gasteiger partial charge in [-0.25, -0.2) is 4.98 Å². The van der Waals surface area contributed by atoms with Crippen LogP contribution in [0.1, 0.15) is 23.9 Å². The number of H-pyrrole nitrogens is 2. The third kappa shape index (κ3) is 3.00. The topological polar surface area (TPSA) is 107 Å². The Morgan fingerprint density at radius 3 is 3.05 bits per heavy atom. The van der Waals surface area contributed by atoms with E-state index in [-0.39, 0.29) is 11.8 Å². The lowest BCUT2D eigenvalue weighted by Crippen LogP contribution is -2.50. The number of carbonyl (C=O) groups is 2. The maximum absolute atomic E-state index is 12.7. The Morgan fingerprint density at radius 2 is 2.32 bits per heavy atom. The van der Waals surface area contributed by atoms with Crippen LogP contribution in [0.3, 0.4) is 0 Å². The van der Waals surface area contributed by atoms with E-state index in [1.54, 1.807) is 23.6 Å². The molecule has 2 amide bonds. The summed E-state index contributed by atoms with van der Waals surface area (Å²) in [6.07, 6.45) is 6.11. The first-order valence-electron chi connectivity index (χ1n) is 7.17. The van der Waals surface area contributed by atoms with Crippen molar-refractivity contribution in [3.8, 4) is 0 Å². The maximum Gasteiger partial charge on any atom is 0.245 e. The van der Waals surface area contributed by atoms with E-state index < -0.39 is 6.04 Å². The molecule has 1 aliphatic heterocycles. The molecule has 3 N–H and O–H groups in total. The molecule has 0 radical (unpaired) electrons. The van der Waals surface area contributed by atoms with Crippen molar-refractivity contribution in [1.29, 1.82) is 0 Å². The van der Waals surface area contributed by atoms with Crippen LogP contribution >= 0.6 is 0 Å².